The molecule has 1 saturated heterocycles. The largest absolute Gasteiger partial charge is 0.493 e. The van der Waals surface area contributed by atoms with Crippen molar-refractivity contribution in [1.29, 1.82) is 0 Å². The number of carbonyl (C=O) groups excluding carboxylic acids is 1. The van der Waals surface area contributed by atoms with Gasteiger partial charge < -0.3 is 24.3 Å². The van der Waals surface area contributed by atoms with Gasteiger partial charge in [0.15, 0.2) is 11.5 Å². The fourth-order valence-electron chi connectivity index (χ4n) is 3.14. The molecular weight excluding hydrogens is 350 g/mol. The fraction of sp³-hybridized carbons (Fsp3) is 0.474. The maximum Gasteiger partial charge on any atom is 0.256 e. The first-order valence-electron chi connectivity index (χ1n) is 8.86. The van der Waals surface area contributed by atoms with E-state index in [1.165, 1.54) is 21.3 Å². The van der Waals surface area contributed by atoms with Crippen LogP contribution < -0.4 is 19.5 Å². The van der Waals surface area contributed by atoms with Gasteiger partial charge in [-0.3, -0.25) is 9.48 Å². The number of benzene rings is 1. The average molecular weight is 375 g/mol. The molecule has 1 aromatic heterocycles. The zero-order chi connectivity index (χ0) is 19.2. The second-order valence-electron chi connectivity index (χ2n) is 6.37. The molecule has 0 unspecified atom stereocenters. The molecule has 2 heterocycles. The molecule has 8 heteroatoms. The molecule has 146 valence electrons. The van der Waals surface area contributed by atoms with Gasteiger partial charge in [0.25, 0.3) is 5.91 Å². The minimum absolute atomic E-state index is 0.278. The van der Waals surface area contributed by atoms with Crippen molar-refractivity contribution in [3.63, 3.8) is 0 Å². The second kappa shape index (κ2) is 8.77. The summed E-state index contributed by atoms with van der Waals surface area (Å²) in [5, 5.41) is 7.20. The number of hydrogen-bond donors (Lipinski definition) is 1. The Balaban J connectivity index is 1.70. The van der Waals surface area contributed by atoms with Gasteiger partial charge in [-0.2, -0.15) is 5.10 Å². The Labute approximate surface area is 158 Å². The highest BCUT2D eigenvalue weighted by Gasteiger charge is 2.18. The monoisotopic (exact) mass is 375 g/mol. The van der Waals surface area contributed by atoms with Crippen molar-refractivity contribution in [1.82, 2.24) is 9.78 Å². The maximum absolute atomic E-state index is 12.6. The summed E-state index contributed by atoms with van der Waals surface area (Å²) in [7, 11) is 4.55. The molecule has 1 aliphatic heterocycles. The van der Waals surface area contributed by atoms with Crippen molar-refractivity contribution in [2.45, 2.75) is 19.4 Å². The van der Waals surface area contributed by atoms with Crippen LogP contribution in [0.5, 0.6) is 17.2 Å². The Kier molecular flexibility index (Phi) is 6.18. The number of carbonyl (C=O) groups is 1. The second-order valence-corrected chi connectivity index (χ2v) is 6.37. The lowest BCUT2D eigenvalue weighted by atomic mass is 10.0. The van der Waals surface area contributed by atoms with Crippen LogP contribution in [0.2, 0.25) is 0 Å². The van der Waals surface area contributed by atoms with Crippen LogP contribution in [-0.2, 0) is 11.3 Å². The number of nitrogens with one attached hydrogen (secondary N) is 1. The van der Waals surface area contributed by atoms with Crippen molar-refractivity contribution in [3.05, 3.63) is 30.1 Å². The maximum atomic E-state index is 12.6. The summed E-state index contributed by atoms with van der Waals surface area (Å²) in [4.78, 5) is 12.6. The molecule has 1 aliphatic rings. The Morgan fingerprint density at radius 1 is 1.19 bits per heavy atom. The minimum Gasteiger partial charge on any atom is -0.493 e. The van der Waals surface area contributed by atoms with Crippen LogP contribution in [0.25, 0.3) is 0 Å². The van der Waals surface area contributed by atoms with Crippen molar-refractivity contribution in [3.8, 4) is 17.2 Å². The van der Waals surface area contributed by atoms with E-state index in [1.54, 1.807) is 18.3 Å². The standard InChI is InChI=1S/C19H25N3O5/c1-24-16-8-14(9-17(25-2)18(16)26-3)19(23)21-15-10-20-22(12-15)11-13-4-6-27-7-5-13/h8-10,12-13H,4-7,11H2,1-3H3,(H,21,23). The Morgan fingerprint density at radius 2 is 1.85 bits per heavy atom. The molecule has 0 aliphatic carbocycles. The quantitative estimate of drug-likeness (QED) is 0.801. The van der Waals surface area contributed by atoms with Crippen LogP contribution in [0.1, 0.15) is 23.2 Å². The molecule has 27 heavy (non-hydrogen) atoms. The zero-order valence-corrected chi connectivity index (χ0v) is 15.9. The summed E-state index contributed by atoms with van der Waals surface area (Å²) in [6.07, 6.45) is 5.56. The fourth-order valence-corrected chi connectivity index (χ4v) is 3.14. The van der Waals surface area contributed by atoms with E-state index in [1.807, 2.05) is 10.9 Å². The van der Waals surface area contributed by atoms with Crippen molar-refractivity contribution in [2.24, 2.45) is 5.92 Å². The van der Waals surface area contributed by atoms with E-state index in [9.17, 15) is 4.79 Å². The van der Waals surface area contributed by atoms with E-state index >= 15 is 0 Å². The summed E-state index contributed by atoms with van der Waals surface area (Å²) in [6.45, 7) is 2.43. The van der Waals surface area contributed by atoms with E-state index in [4.69, 9.17) is 18.9 Å². The smallest absolute Gasteiger partial charge is 0.256 e. The first-order chi connectivity index (χ1) is 13.1. The highest BCUT2D eigenvalue weighted by Crippen LogP contribution is 2.38. The molecule has 0 spiro atoms. The molecule has 0 radical (unpaired) electrons. The third-order valence-electron chi connectivity index (χ3n) is 4.60. The van der Waals surface area contributed by atoms with Crippen molar-refractivity contribution < 1.29 is 23.7 Å². The van der Waals surface area contributed by atoms with E-state index in [-0.39, 0.29) is 5.91 Å². The predicted octanol–water partition coefficient (Wildman–Crippen LogP) is 2.59. The topological polar surface area (TPSA) is 83.8 Å². The average Bonchev–Trinajstić information content (AvgIpc) is 3.14. The lowest BCUT2D eigenvalue weighted by molar-refractivity contribution is 0.0601. The number of rotatable bonds is 7. The lowest BCUT2D eigenvalue weighted by Crippen LogP contribution is -2.20. The zero-order valence-electron chi connectivity index (χ0n) is 15.9. The summed E-state index contributed by atoms with van der Waals surface area (Å²) in [5.41, 5.74) is 1.04. The molecular formula is C19H25N3O5. The summed E-state index contributed by atoms with van der Waals surface area (Å²) >= 11 is 0. The predicted molar refractivity (Wildman–Crippen MR) is 99.8 cm³/mol. The normalized spacial score (nSPS) is 14.6. The first-order valence-corrected chi connectivity index (χ1v) is 8.86. The molecule has 0 saturated carbocycles. The number of nitrogens with zero attached hydrogens (tertiary/aromatic N) is 2. The summed E-state index contributed by atoms with van der Waals surface area (Å²) in [5.74, 6) is 1.58. The van der Waals surface area contributed by atoms with E-state index in [0.29, 0.717) is 34.4 Å². The van der Waals surface area contributed by atoms with Gasteiger partial charge >= 0.3 is 0 Å². The van der Waals surface area contributed by atoms with E-state index in [0.717, 1.165) is 32.6 Å². The molecule has 2 aromatic rings. The van der Waals surface area contributed by atoms with Crippen molar-refractivity contribution in [2.75, 3.05) is 39.9 Å². The lowest BCUT2D eigenvalue weighted by Gasteiger charge is -2.21. The molecule has 1 N–H and O–H groups in total. The van der Waals surface area contributed by atoms with Crippen LogP contribution in [0.15, 0.2) is 24.5 Å². The van der Waals surface area contributed by atoms with Gasteiger partial charge in [-0.25, -0.2) is 0 Å². The number of ether oxygens (including phenoxy) is 4. The summed E-state index contributed by atoms with van der Waals surface area (Å²) in [6, 6.07) is 3.23. The van der Waals surface area contributed by atoms with E-state index in [2.05, 4.69) is 10.4 Å². The minimum atomic E-state index is -0.278. The summed E-state index contributed by atoms with van der Waals surface area (Å²) < 4.78 is 23.1. The third-order valence-corrected chi connectivity index (χ3v) is 4.60. The molecule has 0 bridgehead atoms. The molecule has 1 fully saturated rings. The Hall–Kier alpha value is -2.74. The Bertz CT molecular complexity index is 758. The third kappa shape index (κ3) is 4.51. The van der Waals surface area contributed by atoms with Gasteiger partial charge in [0.05, 0.1) is 33.2 Å². The van der Waals surface area contributed by atoms with Gasteiger partial charge in [0.1, 0.15) is 0 Å². The number of amides is 1. The SMILES string of the molecule is COc1cc(C(=O)Nc2cnn(CC3CCOCC3)c2)cc(OC)c1OC. The van der Waals surface area contributed by atoms with Crippen molar-refractivity contribution >= 4 is 11.6 Å². The molecule has 1 amide bonds. The number of hydrogen-bond acceptors (Lipinski definition) is 6. The molecule has 1 aromatic carbocycles. The highest BCUT2D eigenvalue weighted by atomic mass is 16.5. The van der Waals surface area contributed by atoms with E-state index < -0.39 is 0 Å². The van der Waals surface area contributed by atoms with Gasteiger partial charge in [-0.1, -0.05) is 0 Å². The van der Waals surface area contributed by atoms with Crippen LogP contribution >= 0.6 is 0 Å². The van der Waals surface area contributed by atoms with Crippen LogP contribution in [0, 0.1) is 5.92 Å². The van der Waals surface area contributed by atoms with Crippen LogP contribution in [0.4, 0.5) is 5.69 Å². The molecule has 8 nitrogen and oxygen atoms in total. The number of aromatic nitrogens is 2. The van der Waals surface area contributed by atoms with Gasteiger partial charge in [-0.05, 0) is 30.9 Å². The van der Waals surface area contributed by atoms with Crippen LogP contribution in [-0.4, -0.2) is 50.2 Å². The van der Waals surface area contributed by atoms with Crippen LogP contribution in [0.3, 0.4) is 0 Å². The first kappa shape index (κ1) is 19.0. The Morgan fingerprint density at radius 3 is 2.44 bits per heavy atom. The van der Waals surface area contributed by atoms with Gasteiger partial charge in [0, 0.05) is 31.5 Å². The molecule has 0 atom stereocenters. The molecule has 3 rings (SSSR count). The highest BCUT2D eigenvalue weighted by molar-refractivity contribution is 6.05. The van der Waals surface area contributed by atoms with Gasteiger partial charge in [-0.15, -0.1) is 0 Å². The number of anilines is 1. The van der Waals surface area contributed by atoms with Gasteiger partial charge in [0.2, 0.25) is 5.75 Å². The number of methoxy groups -OCH3 is 3.